The lowest BCUT2D eigenvalue weighted by Gasteiger charge is -2.36. The van der Waals surface area contributed by atoms with Crippen LogP contribution in [0.2, 0.25) is 0 Å². The van der Waals surface area contributed by atoms with Crippen molar-refractivity contribution in [3.63, 3.8) is 0 Å². The van der Waals surface area contributed by atoms with Crippen LogP contribution in [-0.4, -0.2) is 54.2 Å². The lowest BCUT2D eigenvalue weighted by atomic mass is 9.85. The highest BCUT2D eigenvalue weighted by Gasteiger charge is 2.29. The van der Waals surface area contributed by atoms with Crippen LogP contribution < -0.4 is 5.32 Å². The molecule has 1 aromatic rings. The van der Waals surface area contributed by atoms with Crippen LogP contribution >= 0.6 is 24.8 Å². The number of aromatic nitrogens is 1. The molecular weight excluding hydrogens is 416 g/mol. The van der Waals surface area contributed by atoms with Gasteiger partial charge in [-0.15, -0.1) is 24.8 Å². The first-order valence-corrected chi connectivity index (χ1v) is 10.4. The molecule has 0 radical (unpaired) electrons. The number of hydrogen-bond donors (Lipinski definition) is 2. The zero-order valence-corrected chi connectivity index (χ0v) is 18.3. The predicted octanol–water partition coefficient (Wildman–Crippen LogP) is 2.53. The van der Waals surface area contributed by atoms with Crippen molar-refractivity contribution < 1.29 is 17.9 Å². The molecule has 0 bridgehead atoms. The molecule has 10 heteroatoms. The standard InChI is InChI=1S/C17H28FN3O3S.2ClH/c1-17(2,9-13-4-6-21(7-5-13)25(3,23)24)20-12-16(22)14-8-15(18)11-19-10-14;;/h8,10-11,13,16,20,22H,4-7,9,12H2,1-3H3;2*1H/t16-;;/m0../s1. The molecule has 2 heterocycles. The molecule has 1 aliphatic heterocycles. The Morgan fingerprint density at radius 3 is 2.44 bits per heavy atom. The number of hydrogen-bond acceptors (Lipinski definition) is 5. The second-order valence-electron chi connectivity index (χ2n) is 7.53. The minimum Gasteiger partial charge on any atom is -0.387 e. The third kappa shape index (κ3) is 8.58. The Morgan fingerprint density at radius 1 is 1.33 bits per heavy atom. The van der Waals surface area contributed by atoms with Gasteiger partial charge in [-0.2, -0.15) is 0 Å². The van der Waals surface area contributed by atoms with Gasteiger partial charge in [0.25, 0.3) is 0 Å². The molecule has 2 N–H and O–H groups in total. The van der Waals surface area contributed by atoms with E-state index >= 15 is 0 Å². The van der Waals surface area contributed by atoms with Crippen LogP contribution in [-0.2, 0) is 10.0 Å². The van der Waals surface area contributed by atoms with Gasteiger partial charge in [0.05, 0.1) is 18.6 Å². The Kier molecular flexibility index (Phi) is 10.7. The maximum Gasteiger partial charge on any atom is 0.211 e. The van der Waals surface area contributed by atoms with Gasteiger partial charge in [0.1, 0.15) is 5.82 Å². The first kappa shape index (κ1) is 26.5. The van der Waals surface area contributed by atoms with Crippen LogP contribution in [0.3, 0.4) is 0 Å². The summed E-state index contributed by atoms with van der Waals surface area (Å²) in [5.41, 5.74) is 0.240. The number of β-amino-alcohol motifs (C(OH)–C–C–N with tert-alkyl or cyclic N) is 1. The molecular formula is C17H30Cl2FN3O3S. The minimum absolute atomic E-state index is 0. The van der Waals surface area contributed by atoms with Gasteiger partial charge in [-0.05, 0) is 45.1 Å². The summed E-state index contributed by atoms with van der Waals surface area (Å²) in [7, 11) is -3.10. The SMILES string of the molecule is CC(C)(CC1CCN(S(C)(=O)=O)CC1)NC[C@H](O)c1cncc(F)c1.Cl.Cl. The molecule has 1 fully saturated rings. The number of sulfonamides is 1. The molecule has 1 aromatic heterocycles. The molecule has 1 aliphatic rings. The average molecular weight is 446 g/mol. The Morgan fingerprint density at radius 2 is 1.93 bits per heavy atom. The van der Waals surface area contributed by atoms with Crippen LogP contribution in [0.25, 0.3) is 0 Å². The van der Waals surface area contributed by atoms with E-state index < -0.39 is 21.9 Å². The summed E-state index contributed by atoms with van der Waals surface area (Å²) in [6.07, 6.45) is 5.57. The molecule has 1 saturated heterocycles. The van der Waals surface area contributed by atoms with Crippen LogP contribution in [0, 0.1) is 11.7 Å². The van der Waals surface area contributed by atoms with Gasteiger partial charge >= 0.3 is 0 Å². The first-order chi connectivity index (χ1) is 11.6. The fourth-order valence-electron chi connectivity index (χ4n) is 3.34. The van der Waals surface area contributed by atoms with Crippen molar-refractivity contribution in [1.82, 2.24) is 14.6 Å². The number of aliphatic hydroxyl groups excluding tert-OH is 1. The van der Waals surface area contributed by atoms with E-state index in [-0.39, 0.29) is 30.4 Å². The van der Waals surface area contributed by atoms with Crippen molar-refractivity contribution in [2.75, 3.05) is 25.9 Å². The van der Waals surface area contributed by atoms with Gasteiger partial charge in [0.15, 0.2) is 0 Å². The van der Waals surface area contributed by atoms with E-state index in [0.717, 1.165) is 25.5 Å². The highest BCUT2D eigenvalue weighted by molar-refractivity contribution is 7.88. The van der Waals surface area contributed by atoms with E-state index in [2.05, 4.69) is 24.1 Å². The minimum atomic E-state index is -3.10. The summed E-state index contributed by atoms with van der Waals surface area (Å²) in [4.78, 5) is 3.75. The summed E-state index contributed by atoms with van der Waals surface area (Å²) in [5, 5.41) is 13.5. The molecule has 2 rings (SSSR count). The monoisotopic (exact) mass is 445 g/mol. The van der Waals surface area contributed by atoms with E-state index in [4.69, 9.17) is 0 Å². The molecule has 1 atom stereocenters. The molecule has 0 spiro atoms. The fraction of sp³-hybridized carbons (Fsp3) is 0.706. The van der Waals surface area contributed by atoms with Gasteiger partial charge < -0.3 is 10.4 Å². The van der Waals surface area contributed by atoms with Crippen molar-refractivity contribution in [3.8, 4) is 0 Å². The van der Waals surface area contributed by atoms with Crippen LogP contribution in [0.5, 0.6) is 0 Å². The van der Waals surface area contributed by atoms with Crippen molar-refractivity contribution in [1.29, 1.82) is 0 Å². The molecule has 0 aliphatic carbocycles. The van der Waals surface area contributed by atoms with E-state index in [0.29, 0.717) is 31.1 Å². The number of piperidine rings is 1. The highest BCUT2D eigenvalue weighted by Crippen LogP contribution is 2.27. The zero-order chi connectivity index (χ0) is 18.7. The van der Waals surface area contributed by atoms with Crippen LogP contribution in [0.1, 0.15) is 44.8 Å². The van der Waals surface area contributed by atoms with Crippen LogP contribution in [0.15, 0.2) is 18.5 Å². The van der Waals surface area contributed by atoms with Gasteiger partial charge in [0, 0.05) is 36.9 Å². The fourth-order valence-corrected chi connectivity index (χ4v) is 4.21. The van der Waals surface area contributed by atoms with Crippen molar-refractivity contribution >= 4 is 34.8 Å². The van der Waals surface area contributed by atoms with E-state index in [1.165, 1.54) is 22.8 Å². The second-order valence-corrected chi connectivity index (χ2v) is 9.51. The maximum atomic E-state index is 13.2. The number of rotatable bonds is 7. The lowest BCUT2D eigenvalue weighted by Crippen LogP contribution is -2.45. The first-order valence-electron chi connectivity index (χ1n) is 8.55. The third-order valence-electron chi connectivity index (χ3n) is 4.73. The normalized spacial score (nSPS) is 17.7. The Balaban J connectivity index is 0.00000338. The second kappa shape index (κ2) is 10.9. The molecule has 0 unspecified atom stereocenters. The molecule has 0 saturated carbocycles. The van der Waals surface area contributed by atoms with Crippen molar-refractivity contribution in [2.24, 2.45) is 5.92 Å². The number of nitrogens with one attached hydrogen (secondary N) is 1. The summed E-state index contributed by atoms with van der Waals surface area (Å²) in [6, 6.07) is 1.28. The summed E-state index contributed by atoms with van der Waals surface area (Å²) in [6.45, 7) is 5.56. The number of nitrogens with zero attached hydrogens (tertiary/aromatic N) is 2. The summed E-state index contributed by atoms with van der Waals surface area (Å²) < 4.78 is 37.9. The molecule has 6 nitrogen and oxygen atoms in total. The summed E-state index contributed by atoms with van der Waals surface area (Å²) in [5.74, 6) is -0.0260. The quantitative estimate of drug-likeness (QED) is 0.673. The molecule has 0 aromatic carbocycles. The van der Waals surface area contributed by atoms with Gasteiger partial charge in [-0.1, -0.05) is 0 Å². The van der Waals surface area contributed by atoms with E-state index in [1.807, 2.05) is 0 Å². The smallest absolute Gasteiger partial charge is 0.211 e. The van der Waals surface area contributed by atoms with E-state index in [9.17, 15) is 17.9 Å². The van der Waals surface area contributed by atoms with Crippen molar-refractivity contribution in [2.45, 2.75) is 44.8 Å². The number of halogens is 3. The van der Waals surface area contributed by atoms with Gasteiger partial charge in [-0.3, -0.25) is 4.98 Å². The molecule has 0 amide bonds. The average Bonchev–Trinajstić information content (AvgIpc) is 2.52. The largest absolute Gasteiger partial charge is 0.387 e. The topological polar surface area (TPSA) is 82.5 Å². The van der Waals surface area contributed by atoms with Crippen LogP contribution in [0.4, 0.5) is 4.39 Å². The third-order valence-corrected chi connectivity index (χ3v) is 6.03. The Labute approximate surface area is 173 Å². The molecule has 27 heavy (non-hydrogen) atoms. The van der Waals surface area contributed by atoms with E-state index in [1.54, 1.807) is 0 Å². The lowest BCUT2D eigenvalue weighted by molar-refractivity contribution is 0.148. The highest BCUT2D eigenvalue weighted by atomic mass is 35.5. The van der Waals surface area contributed by atoms with Gasteiger partial charge in [0.2, 0.25) is 10.0 Å². The summed E-state index contributed by atoms with van der Waals surface area (Å²) >= 11 is 0. The number of pyridine rings is 1. The maximum absolute atomic E-state index is 13.2. The Bertz CT molecular complexity index is 684. The number of aliphatic hydroxyl groups is 1. The van der Waals surface area contributed by atoms with Crippen molar-refractivity contribution in [3.05, 3.63) is 29.8 Å². The predicted molar refractivity (Wildman–Crippen MR) is 109 cm³/mol. The van der Waals surface area contributed by atoms with Gasteiger partial charge in [-0.25, -0.2) is 17.1 Å². The Hall–Kier alpha value is -0.510. The molecule has 158 valence electrons. The zero-order valence-electron chi connectivity index (χ0n) is 15.9.